The van der Waals surface area contributed by atoms with Crippen LogP contribution in [0, 0.1) is 11.3 Å². The van der Waals surface area contributed by atoms with Crippen molar-refractivity contribution in [3.63, 3.8) is 0 Å². The van der Waals surface area contributed by atoms with Gasteiger partial charge in [0.15, 0.2) is 0 Å². The number of urea groups is 1. The van der Waals surface area contributed by atoms with Crippen molar-refractivity contribution in [1.29, 1.82) is 0 Å². The molecule has 0 bridgehead atoms. The Morgan fingerprint density at radius 1 is 1.32 bits per heavy atom. The molecule has 1 spiro atoms. The molecule has 0 atom stereocenters. The van der Waals surface area contributed by atoms with E-state index in [1.165, 1.54) is 32.1 Å². The quantitative estimate of drug-likeness (QED) is 0.867. The van der Waals surface area contributed by atoms with Gasteiger partial charge in [-0.1, -0.05) is 0 Å². The topological polar surface area (TPSA) is 50.8 Å². The molecular formula is C17H30N2O3. The average Bonchev–Trinajstić information content (AvgIpc) is 2.54. The molecule has 0 aromatic heterocycles. The van der Waals surface area contributed by atoms with Crippen LogP contribution in [0.4, 0.5) is 4.79 Å². The minimum atomic E-state index is 0.113. The van der Waals surface area contributed by atoms with Crippen molar-refractivity contribution < 1.29 is 14.3 Å². The molecule has 0 aromatic rings. The summed E-state index contributed by atoms with van der Waals surface area (Å²) < 4.78 is 11.0. The first-order valence-corrected chi connectivity index (χ1v) is 8.84. The van der Waals surface area contributed by atoms with Gasteiger partial charge < -0.3 is 19.7 Å². The van der Waals surface area contributed by atoms with E-state index in [9.17, 15) is 4.79 Å². The molecule has 22 heavy (non-hydrogen) atoms. The third-order valence-corrected chi connectivity index (χ3v) is 5.70. The van der Waals surface area contributed by atoms with E-state index < -0.39 is 0 Å². The van der Waals surface area contributed by atoms with Crippen molar-refractivity contribution in [2.75, 3.05) is 40.0 Å². The van der Waals surface area contributed by atoms with Gasteiger partial charge >= 0.3 is 6.03 Å². The summed E-state index contributed by atoms with van der Waals surface area (Å²) in [5.41, 5.74) is 0.272. The number of hydrogen-bond donors (Lipinski definition) is 1. The van der Waals surface area contributed by atoms with Gasteiger partial charge in [-0.2, -0.15) is 0 Å². The van der Waals surface area contributed by atoms with Crippen molar-refractivity contribution in [3.05, 3.63) is 0 Å². The molecule has 0 aromatic carbocycles. The first-order chi connectivity index (χ1) is 10.7. The summed E-state index contributed by atoms with van der Waals surface area (Å²) in [6.45, 7) is 4.27. The van der Waals surface area contributed by atoms with Crippen LogP contribution in [0.25, 0.3) is 0 Å². The zero-order valence-corrected chi connectivity index (χ0v) is 13.8. The van der Waals surface area contributed by atoms with Crippen LogP contribution < -0.4 is 5.32 Å². The largest absolute Gasteiger partial charge is 0.381 e. The zero-order chi connectivity index (χ0) is 15.4. The third-order valence-electron chi connectivity index (χ3n) is 5.70. The van der Waals surface area contributed by atoms with E-state index in [2.05, 4.69) is 5.32 Å². The molecular weight excluding hydrogens is 280 g/mol. The molecule has 0 radical (unpaired) electrons. The molecule has 126 valence electrons. The fourth-order valence-electron chi connectivity index (χ4n) is 4.22. The summed E-state index contributed by atoms with van der Waals surface area (Å²) in [4.78, 5) is 14.1. The molecule has 2 saturated heterocycles. The van der Waals surface area contributed by atoms with Crippen molar-refractivity contribution >= 4 is 6.03 Å². The predicted molar refractivity (Wildman–Crippen MR) is 84.8 cm³/mol. The van der Waals surface area contributed by atoms with E-state index in [0.717, 1.165) is 51.6 Å². The van der Waals surface area contributed by atoms with Crippen molar-refractivity contribution in [2.24, 2.45) is 11.3 Å². The van der Waals surface area contributed by atoms with Crippen LogP contribution in [0.2, 0.25) is 0 Å². The van der Waals surface area contributed by atoms with Gasteiger partial charge in [0, 0.05) is 38.8 Å². The molecule has 5 heteroatoms. The minimum absolute atomic E-state index is 0.113. The zero-order valence-electron chi connectivity index (χ0n) is 13.8. The summed E-state index contributed by atoms with van der Waals surface area (Å²) in [6.07, 6.45) is 8.72. The molecule has 3 aliphatic rings. The minimum Gasteiger partial charge on any atom is -0.381 e. The van der Waals surface area contributed by atoms with Crippen molar-refractivity contribution in [1.82, 2.24) is 10.2 Å². The first kappa shape index (κ1) is 16.1. The second-order valence-corrected chi connectivity index (χ2v) is 7.41. The molecule has 0 unspecified atom stereocenters. The van der Waals surface area contributed by atoms with Gasteiger partial charge in [-0.15, -0.1) is 0 Å². The van der Waals surface area contributed by atoms with E-state index in [1.807, 2.05) is 12.0 Å². The normalized spacial score (nSPS) is 30.9. The van der Waals surface area contributed by atoms with Gasteiger partial charge in [-0.05, 0) is 50.9 Å². The van der Waals surface area contributed by atoms with Crippen LogP contribution in [0.3, 0.4) is 0 Å². The highest BCUT2D eigenvalue weighted by atomic mass is 16.5. The fourth-order valence-corrected chi connectivity index (χ4v) is 4.22. The van der Waals surface area contributed by atoms with E-state index >= 15 is 0 Å². The fraction of sp³-hybridized carbons (Fsp3) is 0.941. The van der Waals surface area contributed by atoms with Gasteiger partial charge in [0.25, 0.3) is 0 Å². The summed E-state index contributed by atoms with van der Waals surface area (Å²) in [7, 11) is 1.81. The Balaban J connectivity index is 1.29. The number of ether oxygens (including phenoxy) is 2. The van der Waals surface area contributed by atoms with Crippen LogP contribution in [0.5, 0.6) is 0 Å². The lowest BCUT2D eigenvalue weighted by molar-refractivity contribution is -0.0826. The number of rotatable bonds is 4. The Kier molecular flexibility index (Phi) is 5.24. The highest BCUT2D eigenvalue weighted by Gasteiger charge is 2.46. The van der Waals surface area contributed by atoms with Crippen LogP contribution >= 0.6 is 0 Å². The SMILES string of the molecule is COC1CCC(CCNC(=O)N2CC3(CCCOC3)C2)CC1. The summed E-state index contributed by atoms with van der Waals surface area (Å²) in [5.74, 6) is 0.751. The Hall–Kier alpha value is -0.810. The Morgan fingerprint density at radius 3 is 2.73 bits per heavy atom. The molecule has 3 fully saturated rings. The molecule has 2 aliphatic heterocycles. The Morgan fingerprint density at radius 2 is 2.09 bits per heavy atom. The second kappa shape index (κ2) is 7.18. The van der Waals surface area contributed by atoms with Gasteiger partial charge in [0.2, 0.25) is 0 Å². The maximum atomic E-state index is 12.1. The monoisotopic (exact) mass is 310 g/mol. The highest BCUT2D eigenvalue weighted by Crippen LogP contribution is 2.37. The van der Waals surface area contributed by atoms with Gasteiger partial charge in [0.05, 0.1) is 12.7 Å². The summed E-state index contributed by atoms with van der Waals surface area (Å²) in [5, 5.41) is 3.09. The number of methoxy groups -OCH3 is 1. The second-order valence-electron chi connectivity index (χ2n) is 7.41. The Labute approximate surface area is 133 Å². The lowest BCUT2D eigenvalue weighted by Crippen LogP contribution is -2.63. The van der Waals surface area contributed by atoms with Crippen LogP contribution in [-0.4, -0.2) is 57.0 Å². The Bertz CT molecular complexity index is 366. The van der Waals surface area contributed by atoms with Gasteiger partial charge in [-0.3, -0.25) is 0 Å². The number of carbonyl (C=O) groups is 1. The molecule has 5 nitrogen and oxygen atoms in total. The number of nitrogens with zero attached hydrogens (tertiary/aromatic N) is 1. The van der Waals surface area contributed by atoms with Crippen LogP contribution in [0.15, 0.2) is 0 Å². The van der Waals surface area contributed by atoms with Crippen LogP contribution in [-0.2, 0) is 9.47 Å². The smallest absolute Gasteiger partial charge is 0.317 e. The van der Waals surface area contributed by atoms with Crippen molar-refractivity contribution in [2.45, 2.75) is 51.0 Å². The number of hydrogen-bond acceptors (Lipinski definition) is 3. The van der Waals surface area contributed by atoms with E-state index in [1.54, 1.807) is 0 Å². The van der Waals surface area contributed by atoms with E-state index in [4.69, 9.17) is 9.47 Å². The number of nitrogens with one attached hydrogen (secondary N) is 1. The molecule has 1 N–H and O–H groups in total. The van der Waals surface area contributed by atoms with Gasteiger partial charge in [0.1, 0.15) is 0 Å². The molecule has 3 rings (SSSR count). The third kappa shape index (κ3) is 3.74. The number of carbonyl (C=O) groups excluding carboxylic acids is 1. The number of likely N-dealkylation sites (tertiary alicyclic amines) is 1. The van der Waals surface area contributed by atoms with Crippen molar-refractivity contribution in [3.8, 4) is 0 Å². The summed E-state index contributed by atoms with van der Waals surface area (Å²) in [6, 6.07) is 0.113. The molecule has 2 heterocycles. The molecule has 1 saturated carbocycles. The standard InChI is InChI=1S/C17H30N2O3/c1-21-15-5-3-14(4-6-15)7-9-18-16(20)19-11-17(12-19)8-2-10-22-13-17/h14-15H,2-13H2,1H3,(H,18,20). The molecule has 2 amide bonds. The maximum absolute atomic E-state index is 12.1. The lowest BCUT2D eigenvalue weighted by atomic mass is 9.76. The van der Waals surface area contributed by atoms with E-state index in [-0.39, 0.29) is 11.4 Å². The highest BCUT2D eigenvalue weighted by molar-refractivity contribution is 5.75. The van der Waals surface area contributed by atoms with Gasteiger partial charge in [-0.25, -0.2) is 4.79 Å². The van der Waals surface area contributed by atoms with E-state index in [0.29, 0.717) is 6.10 Å². The molecule has 1 aliphatic carbocycles. The first-order valence-electron chi connectivity index (χ1n) is 8.84. The average molecular weight is 310 g/mol. The number of amides is 2. The van der Waals surface area contributed by atoms with Crippen LogP contribution in [0.1, 0.15) is 44.9 Å². The summed E-state index contributed by atoms with van der Waals surface area (Å²) >= 11 is 0. The lowest BCUT2D eigenvalue weighted by Gasteiger charge is -2.51. The predicted octanol–water partition coefficient (Wildman–Crippen LogP) is 2.40. The maximum Gasteiger partial charge on any atom is 0.317 e.